The molecule has 114 valence electrons. The number of amides is 1. The SMILES string of the molecule is CC(C)(C)C(=O)N1CCN(c2ccccc2[N+](=O)[O-])CC1. The normalized spacial score (nSPS) is 16.0. The second-order valence-corrected chi connectivity index (χ2v) is 6.28. The zero-order valence-electron chi connectivity index (χ0n) is 12.7. The van der Waals surface area contributed by atoms with Gasteiger partial charge in [-0.3, -0.25) is 14.9 Å². The molecule has 0 saturated carbocycles. The molecule has 6 heteroatoms. The molecule has 0 radical (unpaired) electrons. The Bertz CT molecular complexity index is 543. The van der Waals surface area contributed by atoms with Crippen molar-refractivity contribution in [3.8, 4) is 0 Å². The quantitative estimate of drug-likeness (QED) is 0.619. The fourth-order valence-corrected chi connectivity index (χ4v) is 2.51. The standard InChI is InChI=1S/C15H21N3O3/c1-15(2,3)14(19)17-10-8-16(9-11-17)12-6-4-5-7-13(12)18(20)21/h4-7H,8-11H2,1-3H3. The summed E-state index contributed by atoms with van der Waals surface area (Å²) in [6.45, 7) is 8.15. The van der Waals surface area contributed by atoms with E-state index in [1.807, 2.05) is 30.6 Å². The van der Waals surface area contributed by atoms with E-state index in [0.29, 0.717) is 31.9 Å². The first-order chi connectivity index (χ1) is 9.80. The van der Waals surface area contributed by atoms with E-state index in [4.69, 9.17) is 0 Å². The van der Waals surface area contributed by atoms with Gasteiger partial charge in [-0.2, -0.15) is 0 Å². The van der Waals surface area contributed by atoms with E-state index in [1.165, 1.54) is 6.07 Å². The van der Waals surface area contributed by atoms with Crippen LogP contribution in [0.2, 0.25) is 0 Å². The number of hydrogen-bond acceptors (Lipinski definition) is 4. The lowest BCUT2D eigenvalue weighted by molar-refractivity contribution is -0.384. The van der Waals surface area contributed by atoms with E-state index in [0.717, 1.165) is 0 Å². The number of hydrogen-bond donors (Lipinski definition) is 0. The highest BCUT2D eigenvalue weighted by Gasteiger charge is 2.30. The fourth-order valence-electron chi connectivity index (χ4n) is 2.51. The topological polar surface area (TPSA) is 66.7 Å². The van der Waals surface area contributed by atoms with E-state index in [9.17, 15) is 14.9 Å². The zero-order chi connectivity index (χ0) is 15.6. The molecule has 0 bridgehead atoms. The molecule has 0 spiro atoms. The number of nitro benzene ring substituents is 1. The molecule has 1 amide bonds. The average Bonchev–Trinajstić information content (AvgIpc) is 2.45. The number of carbonyl (C=O) groups is 1. The summed E-state index contributed by atoms with van der Waals surface area (Å²) in [7, 11) is 0. The molecule has 1 heterocycles. The maximum Gasteiger partial charge on any atom is 0.292 e. The minimum atomic E-state index is -0.388. The summed E-state index contributed by atoms with van der Waals surface area (Å²) in [5.74, 6) is 0.129. The van der Waals surface area contributed by atoms with Crippen LogP contribution in [0.4, 0.5) is 11.4 Å². The molecule has 0 unspecified atom stereocenters. The third-order valence-corrected chi connectivity index (χ3v) is 3.63. The van der Waals surface area contributed by atoms with Crippen molar-refractivity contribution in [3.63, 3.8) is 0 Å². The van der Waals surface area contributed by atoms with Gasteiger partial charge in [0, 0.05) is 37.7 Å². The molecule has 0 aliphatic carbocycles. The summed E-state index contributed by atoms with van der Waals surface area (Å²) in [4.78, 5) is 26.8. The Morgan fingerprint density at radius 1 is 1.14 bits per heavy atom. The lowest BCUT2D eigenvalue weighted by atomic mass is 9.94. The molecule has 0 N–H and O–H groups in total. The Kier molecular flexibility index (Phi) is 4.16. The Labute approximate surface area is 124 Å². The number of carbonyl (C=O) groups excluding carboxylic acids is 1. The van der Waals surface area contributed by atoms with Gasteiger partial charge in [0.1, 0.15) is 5.69 Å². The fraction of sp³-hybridized carbons (Fsp3) is 0.533. The molecule has 1 aliphatic heterocycles. The summed E-state index contributed by atoms with van der Waals surface area (Å²) in [5.41, 5.74) is 0.361. The molecule has 0 atom stereocenters. The molecule has 1 aliphatic rings. The van der Waals surface area contributed by atoms with Gasteiger partial charge in [-0.25, -0.2) is 0 Å². The first kappa shape index (κ1) is 15.3. The number of benzene rings is 1. The summed E-state index contributed by atoms with van der Waals surface area (Å²) in [6.07, 6.45) is 0. The molecule has 1 fully saturated rings. The lowest BCUT2D eigenvalue weighted by Gasteiger charge is -2.38. The van der Waals surface area contributed by atoms with Crippen LogP contribution >= 0.6 is 0 Å². The van der Waals surface area contributed by atoms with Gasteiger partial charge in [0.2, 0.25) is 5.91 Å². The molecule has 1 saturated heterocycles. The second-order valence-electron chi connectivity index (χ2n) is 6.28. The zero-order valence-corrected chi connectivity index (χ0v) is 12.7. The van der Waals surface area contributed by atoms with Crippen molar-refractivity contribution in [2.24, 2.45) is 5.41 Å². The van der Waals surface area contributed by atoms with Crippen LogP contribution < -0.4 is 4.90 Å². The van der Waals surface area contributed by atoms with Crippen LogP contribution in [-0.2, 0) is 4.79 Å². The second kappa shape index (κ2) is 5.71. The van der Waals surface area contributed by atoms with Crippen LogP contribution in [0.25, 0.3) is 0 Å². The predicted octanol–water partition coefficient (Wildman–Crippen LogP) is 2.29. The number of rotatable bonds is 2. The van der Waals surface area contributed by atoms with Gasteiger partial charge in [0.15, 0.2) is 0 Å². The van der Waals surface area contributed by atoms with Gasteiger partial charge in [-0.05, 0) is 6.07 Å². The summed E-state index contributed by atoms with van der Waals surface area (Å²) < 4.78 is 0. The summed E-state index contributed by atoms with van der Waals surface area (Å²) in [6, 6.07) is 6.75. The first-order valence-electron chi connectivity index (χ1n) is 7.08. The summed E-state index contributed by atoms with van der Waals surface area (Å²) >= 11 is 0. The van der Waals surface area contributed by atoms with Gasteiger partial charge < -0.3 is 9.80 Å². The monoisotopic (exact) mass is 291 g/mol. The number of para-hydroxylation sites is 2. The van der Waals surface area contributed by atoms with E-state index in [-0.39, 0.29) is 21.9 Å². The summed E-state index contributed by atoms with van der Waals surface area (Å²) in [5, 5.41) is 11.1. The van der Waals surface area contributed by atoms with Crippen molar-refractivity contribution in [1.82, 2.24) is 4.90 Å². The minimum Gasteiger partial charge on any atom is -0.362 e. The van der Waals surface area contributed by atoms with E-state index >= 15 is 0 Å². The predicted molar refractivity (Wildman–Crippen MR) is 81.3 cm³/mol. The van der Waals surface area contributed by atoms with Crippen LogP contribution in [0, 0.1) is 15.5 Å². The number of nitrogens with zero attached hydrogens (tertiary/aromatic N) is 3. The van der Waals surface area contributed by atoms with Gasteiger partial charge >= 0.3 is 0 Å². The van der Waals surface area contributed by atoms with Gasteiger partial charge in [-0.15, -0.1) is 0 Å². The highest BCUT2D eigenvalue weighted by Crippen LogP contribution is 2.29. The van der Waals surface area contributed by atoms with Crippen molar-refractivity contribution < 1.29 is 9.72 Å². The third-order valence-electron chi connectivity index (χ3n) is 3.63. The van der Waals surface area contributed by atoms with E-state index < -0.39 is 0 Å². The number of anilines is 1. The van der Waals surface area contributed by atoms with Crippen LogP contribution in [0.15, 0.2) is 24.3 Å². The Balaban J connectivity index is 2.09. The molecule has 1 aromatic rings. The van der Waals surface area contributed by atoms with Crippen molar-refractivity contribution in [1.29, 1.82) is 0 Å². The Hall–Kier alpha value is -2.11. The Morgan fingerprint density at radius 3 is 2.24 bits per heavy atom. The van der Waals surface area contributed by atoms with E-state index in [1.54, 1.807) is 18.2 Å². The smallest absolute Gasteiger partial charge is 0.292 e. The molecule has 2 rings (SSSR count). The van der Waals surface area contributed by atoms with Gasteiger partial charge in [0.05, 0.1) is 4.92 Å². The van der Waals surface area contributed by atoms with Crippen LogP contribution in [-0.4, -0.2) is 41.9 Å². The highest BCUT2D eigenvalue weighted by atomic mass is 16.6. The number of piperazine rings is 1. The van der Waals surface area contributed by atoms with Gasteiger partial charge in [-0.1, -0.05) is 32.9 Å². The maximum atomic E-state index is 12.2. The van der Waals surface area contributed by atoms with Crippen molar-refractivity contribution in [2.45, 2.75) is 20.8 Å². The van der Waals surface area contributed by atoms with Gasteiger partial charge in [0.25, 0.3) is 5.69 Å². The highest BCUT2D eigenvalue weighted by molar-refractivity contribution is 5.81. The van der Waals surface area contributed by atoms with Crippen molar-refractivity contribution in [3.05, 3.63) is 34.4 Å². The van der Waals surface area contributed by atoms with E-state index in [2.05, 4.69) is 0 Å². The lowest BCUT2D eigenvalue weighted by Crippen LogP contribution is -2.51. The van der Waals surface area contributed by atoms with Crippen LogP contribution in [0.5, 0.6) is 0 Å². The molecular formula is C15H21N3O3. The van der Waals surface area contributed by atoms with Crippen molar-refractivity contribution in [2.75, 3.05) is 31.1 Å². The molecule has 0 aromatic heterocycles. The minimum absolute atomic E-state index is 0.119. The largest absolute Gasteiger partial charge is 0.362 e. The first-order valence-corrected chi connectivity index (χ1v) is 7.08. The number of nitro groups is 1. The molecular weight excluding hydrogens is 270 g/mol. The third kappa shape index (κ3) is 3.32. The molecule has 21 heavy (non-hydrogen) atoms. The average molecular weight is 291 g/mol. The maximum absolute atomic E-state index is 12.2. The van der Waals surface area contributed by atoms with Crippen molar-refractivity contribution >= 4 is 17.3 Å². The molecule has 6 nitrogen and oxygen atoms in total. The Morgan fingerprint density at radius 2 is 1.71 bits per heavy atom. The molecule has 1 aromatic carbocycles. The van der Waals surface area contributed by atoms with Crippen LogP contribution in [0.3, 0.4) is 0 Å². The van der Waals surface area contributed by atoms with Crippen LogP contribution in [0.1, 0.15) is 20.8 Å².